The van der Waals surface area contributed by atoms with E-state index in [0.29, 0.717) is 32.5 Å². The lowest BCUT2D eigenvalue weighted by Gasteiger charge is -2.33. The third kappa shape index (κ3) is 4.08. The van der Waals surface area contributed by atoms with Gasteiger partial charge in [-0.3, -0.25) is 4.79 Å². The third-order valence-corrected chi connectivity index (χ3v) is 4.89. The van der Waals surface area contributed by atoms with E-state index in [4.69, 9.17) is 4.74 Å². The van der Waals surface area contributed by atoms with Gasteiger partial charge in [0, 0.05) is 36.9 Å². The maximum atomic E-state index is 12.1. The van der Waals surface area contributed by atoms with Crippen molar-refractivity contribution in [3.8, 4) is 0 Å². The molecule has 1 aromatic rings. The van der Waals surface area contributed by atoms with Gasteiger partial charge < -0.3 is 15.2 Å². The number of amides is 1. The first-order chi connectivity index (χ1) is 10.4. The van der Waals surface area contributed by atoms with Gasteiger partial charge in [-0.15, -0.1) is 0 Å². The number of rotatable bonds is 5. The molecule has 1 heterocycles. The Labute approximate surface area is 138 Å². The van der Waals surface area contributed by atoms with E-state index in [1.807, 2.05) is 25.1 Å². The number of halogens is 1. The number of nitrogens with one attached hydrogen (secondary N) is 1. The molecule has 1 fully saturated rings. The summed E-state index contributed by atoms with van der Waals surface area (Å²) in [6, 6.07) is 5.95. The van der Waals surface area contributed by atoms with E-state index in [1.165, 1.54) is 0 Å². The SMILES string of the molecule is Cc1cc(CCC(=O)NC2(C(=O)O)CCOCC2)ccc1Br. The van der Waals surface area contributed by atoms with Gasteiger partial charge in [0.15, 0.2) is 0 Å². The van der Waals surface area contributed by atoms with Crippen LogP contribution in [0.15, 0.2) is 22.7 Å². The zero-order valence-electron chi connectivity index (χ0n) is 12.5. The van der Waals surface area contributed by atoms with E-state index < -0.39 is 11.5 Å². The predicted molar refractivity (Wildman–Crippen MR) is 85.8 cm³/mol. The second-order valence-electron chi connectivity index (χ2n) is 5.63. The summed E-state index contributed by atoms with van der Waals surface area (Å²) < 4.78 is 6.23. The number of carboxylic acid groups (broad SMARTS) is 1. The van der Waals surface area contributed by atoms with E-state index in [0.717, 1.165) is 15.6 Å². The molecule has 120 valence electrons. The summed E-state index contributed by atoms with van der Waals surface area (Å²) in [5.41, 5.74) is 1.00. The molecule has 5 nitrogen and oxygen atoms in total. The molecule has 1 saturated heterocycles. The van der Waals surface area contributed by atoms with Gasteiger partial charge in [0.2, 0.25) is 5.91 Å². The number of aryl methyl sites for hydroxylation is 2. The Hall–Kier alpha value is -1.40. The average Bonchev–Trinajstić information content (AvgIpc) is 2.49. The summed E-state index contributed by atoms with van der Waals surface area (Å²) in [5, 5.41) is 12.1. The van der Waals surface area contributed by atoms with Crippen LogP contribution in [0, 0.1) is 6.92 Å². The molecule has 22 heavy (non-hydrogen) atoms. The van der Waals surface area contributed by atoms with Crippen molar-refractivity contribution in [3.63, 3.8) is 0 Å². The number of benzene rings is 1. The summed E-state index contributed by atoms with van der Waals surface area (Å²) in [6.07, 6.45) is 1.49. The smallest absolute Gasteiger partial charge is 0.329 e. The molecule has 2 N–H and O–H groups in total. The van der Waals surface area contributed by atoms with Crippen molar-refractivity contribution in [2.75, 3.05) is 13.2 Å². The van der Waals surface area contributed by atoms with Crippen molar-refractivity contribution in [1.82, 2.24) is 5.32 Å². The molecule has 0 aliphatic carbocycles. The minimum absolute atomic E-state index is 0.232. The molecule has 2 rings (SSSR count). The molecule has 6 heteroatoms. The lowest BCUT2D eigenvalue weighted by molar-refractivity contribution is -0.152. The number of carbonyl (C=O) groups excluding carboxylic acids is 1. The van der Waals surface area contributed by atoms with Gasteiger partial charge in [-0.1, -0.05) is 28.1 Å². The summed E-state index contributed by atoms with van der Waals surface area (Å²) in [4.78, 5) is 23.6. The van der Waals surface area contributed by atoms with Crippen LogP contribution in [-0.4, -0.2) is 35.7 Å². The van der Waals surface area contributed by atoms with Crippen LogP contribution < -0.4 is 5.32 Å². The van der Waals surface area contributed by atoms with Gasteiger partial charge in [-0.2, -0.15) is 0 Å². The molecule has 1 aromatic carbocycles. The van der Waals surface area contributed by atoms with Gasteiger partial charge in [0.05, 0.1) is 0 Å². The van der Waals surface area contributed by atoms with Crippen molar-refractivity contribution in [1.29, 1.82) is 0 Å². The highest BCUT2D eigenvalue weighted by Gasteiger charge is 2.41. The summed E-state index contributed by atoms with van der Waals surface area (Å²) in [7, 11) is 0. The molecule has 0 unspecified atom stereocenters. The minimum Gasteiger partial charge on any atom is -0.480 e. The van der Waals surface area contributed by atoms with Crippen LogP contribution in [0.3, 0.4) is 0 Å². The lowest BCUT2D eigenvalue weighted by atomic mass is 9.90. The molecule has 0 atom stereocenters. The number of hydrogen-bond acceptors (Lipinski definition) is 3. The quantitative estimate of drug-likeness (QED) is 0.835. The van der Waals surface area contributed by atoms with Crippen LogP contribution in [0.4, 0.5) is 0 Å². The Bertz CT molecular complexity index is 567. The summed E-state index contributed by atoms with van der Waals surface area (Å²) >= 11 is 3.44. The largest absolute Gasteiger partial charge is 0.480 e. The van der Waals surface area contributed by atoms with E-state index in [9.17, 15) is 14.7 Å². The molecule has 1 amide bonds. The second-order valence-corrected chi connectivity index (χ2v) is 6.49. The number of ether oxygens (including phenoxy) is 1. The van der Waals surface area contributed by atoms with Crippen molar-refractivity contribution in [3.05, 3.63) is 33.8 Å². The van der Waals surface area contributed by atoms with Crippen LogP contribution in [0.25, 0.3) is 0 Å². The fraction of sp³-hybridized carbons (Fsp3) is 0.500. The molecule has 1 aliphatic rings. The topological polar surface area (TPSA) is 75.6 Å². The molecule has 1 aliphatic heterocycles. The van der Waals surface area contributed by atoms with E-state index >= 15 is 0 Å². The van der Waals surface area contributed by atoms with Crippen LogP contribution in [0.5, 0.6) is 0 Å². The van der Waals surface area contributed by atoms with Crippen LogP contribution in [0.1, 0.15) is 30.4 Å². The monoisotopic (exact) mass is 369 g/mol. The normalized spacial score (nSPS) is 17.0. The Morgan fingerprint density at radius 1 is 1.36 bits per heavy atom. The molecule has 0 aromatic heterocycles. The number of carbonyl (C=O) groups is 2. The average molecular weight is 370 g/mol. The van der Waals surface area contributed by atoms with E-state index in [2.05, 4.69) is 21.2 Å². The third-order valence-electron chi connectivity index (χ3n) is 4.00. The Morgan fingerprint density at radius 3 is 2.64 bits per heavy atom. The maximum Gasteiger partial charge on any atom is 0.329 e. The lowest BCUT2D eigenvalue weighted by Crippen LogP contribution is -2.57. The van der Waals surface area contributed by atoms with Crippen molar-refractivity contribution < 1.29 is 19.4 Å². The fourth-order valence-corrected chi connectivity index (χ4v) is 2.81. The predicted octanol–water partition coefficient (Wildman–Crippen LogP) is 2.44. The van der Waals surface area contributed by atoms with Gasteiger partial charge in [0.1, 0.15) is 5.54 Å². The van der Waals surface area contributed by atoms with E-state index in [1.54, 1.807) is 0 Å². The Morgan fingerprint density at radius 2 is 2.05 bits per heavy atom. The van der Waals surface area contributed by atoms with Gasteiger partial charge in [-0.25, -0.2) is 4.79 Å². The van der Waals surface area contributed by atoms with Crippen molar-refractivity contribution >= 4 is 27.8 Å². The number of aliphatic carboxylic acids is 1. The van der Waals surface area contributed by atoms with Gasteiger partial charge in [0.25, 0.3) is 0 Å². The number of hydrogen-bond donors (Lipinski definition) is 2. The Kier molecular flexibility index (Phi) is 5.58. The molecule has 0 spiro atoms. The first-order valence-corrected chi connectivity index (χ1v) is 8.09. The Balaban J connectivity index is 1.94. The molecule has 0 saturated carbocycles. The summed E-state index contributed by atoms with van der Waals surface area (Å²) in [6.45, 7) is 2.71. The molecule has 0 radical (unpaired) electrons. The zero-order valence-corrected chi connectivity index (χ0v) is 14.1. The van der Waals surface area contributed by atoms with Crippen molar-refractivity contribution in [2.45, 2.75) is 38.1 Å². The van der Waals surface area contributed by atoms with Crippen LogP contribution in [-0.2, 0) is 20.7 Å². The van der Waals surface area contributed by atoms with Crippen LogP contribution in [0.2, 0.25) is 0 Å². The highest BCUT2D eigenvalue weighted by atomic mass is 79.9. The van der Waals surface area contributed by atoms with E-state index in [-0.39, 0.29) is 12.3 Å². The van der Waals surface area contributed by atoms with Gasteiger partial charge >= 0.3 is 5.97 Å². The number of carboxylic acids is 1. The highest BCUT2D eigenvalue weighted by molar-refractivity contribution is 9.10. The fourth-order valence-electron chi connectivity index (χ4n) is 2.56. The van der Waals surface area contributed by atoms with Crippen LogP contribution >= 0.6 is 15.9 Å². The molecule has 0 bridgehead atoms. The first-order valence-electron chi connectivity index (χ1n) is 7.30. The minimum atomic E-state index is -1.18. The van der Waals surface area contributed by atoms with Crippen molar-refractivity contribution in [2.24, 2.45) is 0 Å². The summed E-state index contributed by atoms with van der Waals surface area (Å²) in [5.74, 6) is -1.21. The molecular formula is C16H20BrNO4. The standard InChI is InChI=1S/C16H20BrNO4/c1-11-10-12(2-4-13(11)17)3-5-14(19)18-16(15(20)21)6-8-22-9-7-16/h2,4,10H,3,5-9H2,1H3,(H,18,19)(H,20,21). The second kappa shape index (κ2) is 7.24. The maximum absolute atomic E-state index is 12.1. The van der Waals surface area contributed by atoms with Gasteiger partial charge in [-0.05, 0) is 30.5 Å². The first kappa shape index (κ1) is 17.0. The highest BCUT2D eigenvalue weighted by Crippen LogP contribution is 2.22. The molecular weight excluding hydrogens is 350 g/mol. The zero-order chi connectivity index (χ0) is 16.2.